The predicted molar refractivity (Wildman–Crippen MR) is 69.9 cm³/mol. The summed E-state index contributed by atoms with van der Waals surface area (Å²) in [5.74, 6) is 4.09. The van der Waals surface area contributed by atoms with Gasteiger partial charge in [0.25, 0.3) is 0 Å². The van der Waals surface area contributed by atoms with E-state index in [9.17, 15) is 0 Å². The zero-order chi connectivity index (χ0) is 12.0. The molecule has 0 aromatic carbocycles. The molecule has 2 nitrogen and oxygen atoms in total. The third-order valence-corrected chi connectivity index (χ3v) is 5.76. The fraction of sp³-hybridized carbons (Fsp3) is 1.00. The van der Waals surface area contributed by atoms with Crippen molar-refractivity contribution < 1.29 is 4.74 Å². The minimum Gasteiger partial charge on any atom is -0.380 e. The summed E-state index contributed by atoms with van der Waals surface area (Å²) in [5.41, 5.74) is 0. The molecule has 2 unspecified atom stereocenters. The van der Waals surface area contributed by atoms with Gasteiger partial charge in [-0.3, -0.25) is 0 Å². The number of hydrogen-bond donors (Lipinski definition) is 1. The molecule has 4 saturated carbocycles. The lowest BCUT2D eigenvalue weighted by Crippen LogP contribution is -2.57. The molecule has 0 aliphatic heterocycles. The van der Waals surface area contributed by atoms with Gasteiger partial charge in [-0.1, -0.05) is 0 Å². The van der Waals surface area contributed by atoms with Crippen LogP contribution in [-0.4, -0.2) is 25.3 Å². The van der Waals surface area contributed by atoms with Gasteiger partial charge in [0.2, 0.25) is 0 Å². The molecule has 0 amide bonds. The normalized spacial score (nSPS) is 47.1. The van der Waals surface area contributed by atoms with Crippen molar-refractivity contribution in [2.45, 2.75) is 64.1 Å². The molecule has 4 aliphatic rings. The number of hydrogen-bond acceptors (Lipinski definition) is 2. The van der Waals surface area contributed by atoms with Gasteiger partial charge in [-0.15, -0.1) is 0 Å². The molecule has 4 fully saturated rings. The largest absolute Gasteiger partial charge is 0.380 e. The molecule has 4 rings (SSSR count). The van der Waals surface area contributed by atoms with Gasteiger partial charge >= 0.3 is 0 Å². The first-order chi connectivity index (χ1) is 8.17. The van der Waals surface area contributed by atoms with Crippen LogP contribution >= 0.6 is 0 Å². The molecule has 0 saturated heterocycles. The van der Waals surface area contributed by atoms with E-state index in [1.54, 1.807) is 6.42 Å². The number of rotatable bonds is 4. The van der Waals surface area contributed by atoms with Crippen LogP contribution < -0.4 is 5.32 Å². The highest BCUT2D eigenvalue weighted by Crippen LogP contribution is 2.53. The number of methoxy groups -OCH3 is 1. The van der Waals surface area contributed by atoms with E-state index in [0.717, 1.165) is 29.7 Å². The summed E-state index contributed by atoms with van der Waals surface area (Å²) in [5, 5.41) is 3.89. The molecular formula is C15H27NO. The fourth-order valence-electron chi connectivity index (χ4n) is 4.84. The average Bonchev–Trinajstić information content (AvgIpc) is 2.31. The Kier molecular flexibility index (Phi) is 3.20. The fourth-order valence-corrected chi connectivity index (χ4v) is 4.84. The van der Waals surface area contributed by atoms with Crippen molar-refractivity contribution in [3.05, 3.63) is 0 Å². The van der Waals surface area contributed by atoms with Gasteiger partial charge in [-0.2, -0.15) is 0 Å². The van der Waals surface area contributed by atoms with E-state index < -0.39 is 0 Å². The van der Waals surface area contributed by atoms with Crippen LogP contribution in [0.5, 0.6) is 0 Å². The lowest BCUT2D eigenvalue weighted by Gasteiger charge is -2.55. The zero-order valence-corrected chi connectivity index (χ0v) is 11.5. The molecule has 0 radical (unpaired) electrons. The molecule has 4 bridgehead atoms. The van der Waals surface area contributed by atoms with Gasteiger partial charge in [-0.05, 0) is 69.6 Å². The minimum atomic E-state index is 0.326. The molecule has 0 heterocycles. The van der Waals surface area contributed by atoms with Crippen LogP contribution in [0.2, 0.25) is 0 Å². The Morgan fingerprint density at radius 1 is 0.941 bits per heavy atom. The van der Waals surface area contributed by atoms with Crippen molar-refractivity contribution >= 4 is 0 Å². The summed E-state index contributed by atoms with van der Waals surface area (Å²) in [7, 11) is 1.82. The van der Waals surface area contributed by atoms with Crippen molar-refractivity contribution in [3.8, 4) is 0 Å². The van der Waals surface area contributed by atoms with E-state index >= 15 is 0 Å². The Balaban J connectivity index is 1.64. The summed E-state index contributed by atoms with van der Waals surface area (Å²) in [6.45, 7) is 4.45. The van der Waals surface area contributed by atoms with Crippen LogP contribution in [0, 0.1) is 23.7 Å². The second kappa shape index (κ2) is 4.55. The average molecular weight is 237 g/mol. The molecular weight excluding hydrogens is 210 g/mol. The maximum absolute atomic E-state index is 5.44. The van der Waals surface area contributed by atoms with E-state index in [0.29, 0.717) is 12.1 Å². The molecule has 2 heteroatoms. The van der Waals surface area contributed by atoms with Crippen LogP contribution in [0.15, 0.2) is 0 Å². The molecule has 4 aliphatic carbocycles. The third-order valence-electron chi connectivity index (χ3n) is 5.76. The Hall–Kier alpha value is -0.0800. The topological polar surface area (TPSA) is 21.3 Å². The van der Waals surface area contributed by atoms with Gasteiger partial charge < -0.3 is 10.1 Å². The SMILES string of the molecule is COC(C)C(C)NC1C2CC3CC(C2)CC1C3. The summed E-state index contributed by atoms with van der Waals surface area (Å²) < 4.78 is 5.44. The van der Waals surface area contributed by atoms with Crippen molar-refractivity contribution in [1.29, 1.82) is 0 Å². The molecule has 0 aromatic rings. The number of nitrogens with one attached hydrogen (secondary N) is 1. The van der Waals surface area contributed by atoms with Gasteiger partial charge in [0.05, 0.1) is 6.10 Å². The third kappa shape index (κ3) is 2.15. The molecule has 98 valence electrons. The van der Waals surface area contributed by atoms with Crippen LogP contribution in [0.25, 0.3) is 0 Å². The molecule has 2 atom stereocenters. The van der Waals surface area contributed by atoms with Gasteiger partial charge in [0.1, 0.15) is 0 Å². The van der Waals surface area contributed by atoms with E-state index in [4.69, 9.17) is 4.74 Å². The van der Waals surface area contributed by atoms with Crippen molar-refractivity contribution in [2.24, 2.45) is 23.7 Å². The van der Waals surface area contributed by atoms with Crippen LogP contribution in [0.4, 0.5) is 0 Å². The Labute approximate surface area is 105 Å². The van der Waals surface area contributed by atoms with Crippen LogP contribution in [0.3, 0.4) is 0 Å². The van der Waals surface area contributed by atoms with Gasteiger partial charge in [-0.25, -0.2) is 0 Å². The molecule has 0 aromatic heterocycles. The highest BCUT2D eigenvalue weighted by Gasteiger charge is 2.48. The van der Waals surface area contributed by atoms with E-state index in [2.05, 4.69) is 19.2 Å². The van der Waals surface area contributed by atoms with Gasteiger partial charge in [0.15, 0.2) is 0 Å². The molecule has 0 spiro atoms. The minimum absolute atomic E-state index is 0.326. The monoisotopic (exact) mass is 237 g/mol. The first-order valence-electron chi connectivity index (χ1n) is 7.46. The van der Waals surface area contributed by atoms with E-state index in [1.807, 2.05) is 7.11 Å². The Morgan fingerprint density at radius 3 is 1.94 bits per heavy atom. The Morgan fingerprint density at radius 2 is 1.47 bits per heavy atom. The molecule has 17 heavy (non-hydrogen) atoms. The summed E-state index contributed by atoms with van der Waals surface area (Å²) in [4.78, 5) is 0. The lowest BCUT2D eigenvalue weighted by molar-refractivity contribution is -0.0258. The quantitative estimate of drug-likeness (QED) is 0.812. The highest BCUT2D eigenvalue weighted by molar-refractivity contribution is 5.02. The first kappa shape index (κ1) is 12.0. The van der Waals surface area contributed by atoms with E-state index in [-0.39, 0.29) is 0 Å². The number of ether oxygens (including phenoxy) is 1. The molecule has 1 N–H and O–H groups in total. The predicted octanol–water partition coefficient (Wildman–Crippen LogP) is 2.82. The highest BCUT2D eigenvalue weighted by atomic mass is 16.5. The summed E-state index contributed by atoms with van der Waals surface area (Å²) in [6, 6.07) is 1.28. The second-order valence-corrected chi connectivity index (χ2v) is 6.85. The van der Waals surface area contributed by atoms with Crippen molar-refractivity contribution in [2.75, 3.05) is 7.11 Å². The zero-order valence-electron chi connectivity index (χ0n) is 11.5. The van der Waals surface area contributed by atoms with Crippen LogP contribution in [0.1, 0.15) is 46.0 Å². The summed E-state index contributed by atoms with van der Waals surface area (Å²) >= 11 is 0. The second-order valence-electron chi connectivity index (χ2n) is 6.85. The first-order valence-corrected chi connectivity index (χ1v) is 7.46. The van der Waals surface area contributed by atoms with E-state index in [1.165, 1.54) is 25.7 Å². The van der Waals surface area contributed by atoms with Gasteiger partial charge in [0, 0.05) is 19.2 Å². The maximum Gasteiger partial charge on any atom is 0.0693 e. The van der Waals surface area contributed by atoms with Crippen LogP contribution in [-0.2, 0) is 4.74 Å². The van der Waals surface area contributed by atoms with Crippen molar-refractivity contribution in [1.82, 2.24) is 5.32 Å². The van der Waals surface area contributed by atoms with Crippen molar-refractivity contribution in [3.63, 3.8) is 0 Å². The smallest absolute Gasteiger partial charge is 0.0693 e. The Bertz CT molecular complexity index is 250. The maximum atomic E-state index is 5.44. The lowest BCUT2D eigenvalue weighted by atomic mass is 9.54. The standard InChI is InChI=1S/C15H27NO/c1-9(10(2)17-3)16-15-13-5-11-4-12(7-13)8-14(15)6-11/h9-16H,4-8H2,1-3H3. The summed E-state index contributed by atoms with van der Waals surface area (Å²) in [6.07, 6.45) is 7.87.